The lowest BCUT2D eigenvalue weighted by molar-refractivity contribution is -0.136. The molecule has 0 heterocycles. The summed E-state index contributed by atoms with van der Waals surface area (Å²) in [7, 11) is 0. The summed E-state index contributed by atoms with van der Waals surface area (Å²) >= 11 is 0. The van der Waals surface area contributed by atoms with Crippen LogP contribution in [0.5, 0.6) is 0 Å². The number of nitrogens with two attached hydrogens (primary N) is 1. The van der Waals surface area contributed by atoms with Gasteiger partial charge in [-0.1, -0.05) is 0 Å². The number of alkyl halides is 3. The molecule has 7 heteroatoms. The summed E-state index contributed by atoms with van der Waals surface area (Å²) in [6, 6.07) is 7.73. The van der Waals surface area contributed by atoms with Gasteiger partial charge in [0.25, 0.3) is 5.91 Å². The highest BCUT2D eigenvalue weighted by Crippen LogP contribution is 2.34. The van der Waals surface area contributed by atoms with E-state index in [0.717, 1.165) is 18.2 Å². The number of anilines is 2. The number of carbonyl (C=O) groups is 1. The molecule has 1 amide bonds. The maximum absolute atomic E-state index is 12.7. The van der Waals surface area contributed by atoms with Gasteiger partial charge in [0.15, 0.2) is 0 Å². The highest BCUT2D eigenvalue weighted by Gasteiger charge is 2.33. The zero-order chi connectivity index (χ0) is 15.6. The average molecular weight is 298 g/mol. The zero-order valence-electron chi connectivity index (χ0n) is 10.5. The molecule has 2 rings (SSSR count). The molecule has 0 radical (unpaired) electrons. The number of hydrogen-bond acceptors (Lipinski definition) is 2. The molecule has 0 aromatic heterocycles. The standard InChI is InChI=1S/C14H10F4N2O/c15-9-2-4-10(5-3-9)20-13(21)8-1-6-12(19)11(7-8)14(16,17)18/h1-7H,19H2,(H,20,21). The van der Waals surface area contributed by atoms with Gasteiger partial charge >= 0.3 is 6.18 Å². The number of benzene rings is 2. The lowest BCUT2D eigenvalue weighted by atomic mass is 10.1. The topological polar surface area (TPSA) is 55.1 Å². The Kier molecular flexibility index (Phi) is 3.84. The molecule has 3 nitrogen and oxygen atoms in total. The van der Waals surface area contributed by atoms with Gasteiger partial charge in [0.2, 0.25) is 0 Å². The van der Waals surface area contributed by atoms with Gasteiger partial charge < -0.3 is 11.1 Å². The monoisotopic (exact) mass is 298 g/mol. The molecule has 3 N–H and O–H groups in total. The predicted octanol–water partition coefficient (Wildman–Crippen LogP) is 3.68. The van der Waals surface area contributed by atoms with E-state index in [-0.39, 0.29) is 11.3 Å². The average Bonchev–Trinajstić information content (AvgIpc) is 2.40. The number of nitrogens with one attached hydrogen (secondary N) is 1. The van der Waals surface area contributed by atoms with Crippen molar-refractivity contribution in [2.24, 2.45) is 0 Å². The first-order valence-corrected chi connectivity index (χ1v) is 5.81. The Morgan fingerprint density at radius 3 is 2.24 bits per heavy atom. The number of rotatable bonds is 2. The third kappa shape index (κ3) is 3.50. The van der Waals surface area contributed by atoms with Crippen molar-refractivity contribution in [1.82, 2.24) is 0 Å². The first kappa shape index (κ1) is 14.8. The smallest absolute Gasteiger partial charge is 0.398 e. The van der Waals surface area contributed by atoms with Crippen LogP contribution in [-0.2, 0) is 6.18 Å². The van der Waals surface area contributed by atoms with Crippen molar-refractivity contribution < 1.29 is 22.4 Å². The van der Waals surface area contributed by atoms with Gasteiger partial charge in [-0.15, -0.1) is 0 Å². The van der Waals surface area contributed by atoms with Crippen LogP contribution in [0.25, 0.3) is 0 Å². The van der Waals surface area contributed by atoms with Gasteiger partial charge in [-0.3, -0.25) is 4.79 Å². The molecule has 0 atom stereocenters. The van der Waals surface area contributed by atoms with E-state index in [2.05, 4.69) is 5.32 Å². The van der Waals surface area contributed by atoms with E-state index in [1.54, 1.807) is 0 Å². The molecule has 0 unspecified atom stereocenters. The molecule has 0 fully saturated rings. The van der Waals surface area contributed by atoms with Crippen LogP contribution in [0.4, 0.5) is 28.9 Å². The molecule has 21 heavy (non-hydrogen) atoms. The van der Waals surface area contributed by atoms with Crippen molar-refractivity contribution in [3.05, 3.63) is 59.4 Å². The Bertz CT molecular complexity index is 666. The highest BCUT2D eigenvalue weighted by atomic mass is 19.4. The molecule has 0 saturated heterocycles. The van der Waals surface area contributed by atoms with Gasteiger partial charge in [-0.05, 0) is 42.5 Å². The molecule has 110 valence electrons. The summed E-state index contributed by atoms with van der Waals surface area (Å²) in [5.74, 6) is -1.23. The van der Waals surface area contributed by atoms with E-state index in [1.807, 2.05) is 0 Å². The quantitative estimate of drug-likeness (QED) is 0.656. The van der Waals surface area contributed by atoms with Crippen LogP contribution in [0.1, 0.15) is 15.9 Å². The van der Waals surface area contributed by atoms with Gasteiger partial charge in [0.1, 0.15) is 5.82 Å². The largest absolute Gasteiger partial charge is 0.418 e. The number of carbonyl (C=O) groups excluding carboxylic acids is 1. The van der Waals surface area contributed by atoms with Gasteiger partial charge in [-0.2, -0.15) is 13.2 Å². The number of hydrogen-bond donors (Lipinski definition) is 2. The lowest BCUT2D eigenvalue weighted by Gasteiger charge is -2.12. The molecule has 0 aliphatic rings. The minimum absolute atomic E-state index is 0.194. The predicted molar refractivity (Wildman–Crippen MR) is 70.2 cm³/mol. The highest BCUT2D eigenvalue weighted by molar-refractivity contribution is 6.04. The van der Waals surface area contributed by atoms with Crippen LogP contribution in [0.3, 0.4) is 0 Å². The van der Waals surface area contributed by atoms with Gasteiger partial charge in [0.05, 0.1) is 5.56 Å². The maximum atomic E-state index is 12.7. The molecule has 0 spiro atoms. The second-order valence-corrected chi connectivity index (χ2v) is 4.26. The van der Waals surface area contributed by atoms with E-state index in [1.165, 1.54) is 18.2 Å². The second-order valence-electron chi connectivity index (χ2n) is 4.26. The summed E-state index contributed by atoms with van der Waals surface area (Å²) in [5.41, 5.74) is 3.80. The second kappa shape index (κ2) is 5.43. The van der Waals surface area contributed by atoms with Gasteiger partial charge in [0, 0.05) is 16.9 Å². The molecular weight excluding hydrogens is 288 g/mol. The van der Waals surface area contributed by atoms with E-state index in [4.69, 9.17) is 5.73 Å². The first-order valence-electron chi connectivity index (χ1n) is 5.81. The van der Waals surface area contributed by atoms with Crippen LogP contribution in [0.2, 0.25) is 0 Å². The normalized spacial score (nSPS) is 11.2. The Hall–Kier alpha value is -2.57. The van der Waals surface area contributed by atoms with Crippen molar-refractivity contribution in [1.29, 1.82) is 0 Å². The Morgan fingerprint density at radius 2 is 1.67 bits per heavy atom. The van der Waals surface area contributed by atoms with Crippen LogP contribution in [0, 0.1) is 5.82 Å². The van der Waals surface area contributed by atoms with E-state index in [9.17, 15) is 22.4 Å². The summed E-state index contributed by atoms with van der Waals surface area (Å²) < 4.78 is 50.9. The van der Waals surface area contributed by atoms with Crippen molar-refractivity contribution in [2.75, 3.05) is 11.1 Å². The Morgan fingerprint density at radius 1 is 1.05 bits per heavy atom. The molecule has 0 bridgehead atoms. The van der Waals surface area contributed by atoms with Crippen molar-refractivity contribution in [3.63, 3.8) is 0 Å². The summed E-state index contributed by atoms with van der Waals surface area (Å²) in [4.78, 5) is 11.9. The lowest BCUT2D eigenvalue weighted by Crippen LogP contribution is -2.15. The fourth-order valence-corrected chi connectivity index (χ4v) is 1.68. The Balaban J connectivity index is 2.25. The maximum Gasteiger partial charge on any atom is 0.418 e. The molecule has 2 aromatic rings. The van der Waals surface area contributed by atoms with E-state index < -0.39 is 29.2 Å². The van der Waals surface area contributed by atoms with Crippen molar-refractivity contribution in [2.45, 2.75) is 6.18 Å². The summed E-state index contributed by atoms with van der Waals surface area (Å²) in [6.45, 7) is 0. The number of halogens is 4. The molecule has 2 aromatic carbocycles. The summed E-state index contributed by atoms with van der Waals surface area (Å²) in [5, 5.41) is 2.37. The number of amides is 1. The van der Waals surface area contributed by atoms with Crippen LogP contribution in [0.15, 0.2) is 42.5 Å². The van der Waals surface area contributed by atoms with Crippen LogP contribution >= 0.6 is 0 Å². The summed E-state index contributed by atoms with van der Waals surface area (Å²) in [6.07, 6.45) is -4.64. The van der Waals surface area contributed by atoms with Crippen molar-refractivity contribution in [3.8, 4) is 0 Å². The van der Waals surface area contributed by atoms with Crippen LogP contribution < -0.4 is 11.1 Å². The fraction of sp³-hybridized carbons (Fsp3) is 0.0714. The minimum atomic E-state index is -4.64. The van der Waals surface area contributed by atoms with Gasteiger partial charge in [-0.25, -0.2) is 4.39 Å². The number of nitrogen functional groups attached to an aromatic ring is 1. The van der Waals surface area contributed by atoms with E-state index in [0.29, 0.717) is 6.07 Å². The zero-order valence-corrected chi connectivity index (χ0v) is 10.5. The molecule has 0 saturated carbocycles. The van der Waals surface area contributed by atoms with Crippen LogP contribution in [-0.4, -0.2) is 5.91 Å². The molecule has 0 aliphatic heterocycles. The third-order valence-corrected chi connectivity index (χ3v) is 2.72. The third-order valence-electron chi connectivity index (χ3n) is 2.72. The minimum Gasteiger partial charge on any atom is -0.398 e. The van der Waals surface area contributed by atoms with Crippen molar-refractivity contribution >= 4 is 17.3 Å². The molecular formula is C14H10F4N2O. The first-order chi connectivity index (χ1) is 9.77. The Labute approximate surface area is 117 Å². The fourth-order valence-electron chi connectivity index (χ4n) is 1.68. The molecule has 0 aliphatic carbocycles. The van der Waals surface area contributed by atoms with E-state index >= 15 is 0 Å². The SMILES string of the molecule is Nc1ccc(C(=O)Nc2ccc(F)cc2)cc1C(F)(F)F.